The van der Waals surface area contributed by atoms with Gasteiger partial charge in [0, 0.05) is 33.3 Å². The van der Waals surface area contributed by atoms with Crippen molar-refractivity contribution < 1.29 is 9.32 Å². The average Bonchev–Trinajstić information content (AvgIpc) is 2.22. The molecule has 0 spiro atoms. The van der Waals surface area contributed by atoms with Gasteiger partial charge in [0.15, 0.2) is 5.11 Å². The van der Waals surface area contributed by atoms with Crippen molar-refractivity contribution in [3.8, 4) is 5.75 Å². The predicted molar refractivity (Wildman–Crippen MR) is 83.3 cm³/mol. The molecule has 0 saturated carbocycles. The molecule has 100 valence electrons. The summed E-state index contributed by atoms with van der Waals surface area (Å²) in [6, 6.07) is 5.01. The second-order valence-corrected chi connectivity index (χ2v) is 6.02. The number of nitrogens with zero attached hydrogens (tertiary/aromatic N) is 1. The van der Waals surface area contributed by atoms with Crippen LogP contribution in [0.15, 0.2) is 27.8 Å². The number of rotatable bonds is 2. The third kappa shape index (κ3) is 9.08. The van der Waals surface area contributed by atoms with E-state index in [9.17, 15) is 9.32 Å². The summed E-state index contributed by atoms with van der Waals surface area (Å²) >= 11 is 7.82. The summed E-state index contributed by atoms with van der Waals surface area (Å²) in [7, 11) is -0.611. The van der Waals surface area contributed by atoms with Crippen LogP contribution in [0.3, 0.4) is 0 Å². The highest BCUT2D eigenvalue weighted by molar-refractivity contribution is 9.10. The Bertz CT molecular complexity index is 462. The van der Waals surface area contributed by atoms with Crippen LogP contribution in [-0.2, 0) is 10.8 Å². The van der Waals surface area contributed by atoms with E-state index in [1.54, 1.807) is 30.7 Å². The minimum Gasteiger partial charge on any atom is -0.507 e. The van der Waals surface area contributed by atoms with Gasteiger partial charge in [-0.3, -0.25) is 9.63 Å². The molecule has 0 heterocycles. The summed E-state index contributed by atoms with van der Waals surface area (Å²) in [5.41, 5.74) is 8.12. The molecule has 5 nitrogen and oxygen atoms in total. The lowest BCUT2D eigenvalue weighted by Crippen LogP contribution is -2.23. The molecular weight excluding hydrogens is 338 g/mol. The first-order valence-electron chi connectivity index (χ1n) is 4.65. The Morgan fingerprint density at radius 3 is 2.67 bits per heavy atom. The molecule has 0 fully saturated rings. The molecule has 4 N–H and O–H groups in total. The van der Waals surface area contributed by atoms with Gasteiger partial charge in [-0.1, -0.05) is 15.9 Å². The van der Waals surface area contributed by atoms with Gasteiger partial charge in [0.05, 0.1) is 6.21 Å². The number of benzene rings is 1. The van der Waals surface area contributed by atoms with E-state index in [0.29, 0.717) is 5.56 Å². The number of hydrogen-bond donors (Lipinski definition) is 3. The van der Waals surface area contributed by atoms with Crippen LogP contribution in [-0.4, -0.2) is 33.2 Å². The van der Waals surface area contributed by atoms with E-state index in [1.807, 2.05) is 0 Å². The van der Waals surface area contributed by atoms with E-state index >= 15 is 0 Å². The van der Waals surface area contributed by atoms with Crippen molar-refractivity contribution in [2.24, 2.45) is 10.8 Å². The summed E-state index contributed by atoms with van der Waals surface area (Å²) in [4.78, 5) is 0. The predicted octanol–water partition coefficient (Wildman–Crippen LogP) is 1.32. The maximum atomic E-state index is 9.56. The first-order chi connectivity index (χ1) is 8.32. The summed E-state index contributed by atoms with van der Waals surface area (Å²) < 4.78 is 10.4. The first-order valence-corrected chi connectivity index (χ1v) is 7.81. The summed E-state index contributed by atoms with van der Waals surface area (Å²) in [5, 5.41) is 13.2. The van der Waals surface area contributed by atoms with Crippen LogP contribution in [0.25, 0.3) is 0 Å². The van der Waals surface area contributed by atoms with Crippen molar-refractivity contribution in [1.82, 2.24) is 5.43 Å². The number of aromatic hydroxyl groups is 1. The minimum atomic E-state index is -0.611. The molecule has 0 aliphatic carbocycles. The molecule has 0 aromatic heterocycles. The van der Waals surface area contributed by atoms with Gasteiger partial charge in [-0.25, -0.2) is 0 Å². The van der Waals surface area contributed by atoms with E-state index in [2.05, 4.69) is 38.7 Å². The van der Waals surface area contributed by atoms with Crippen LogP contribution in [0.2, 0.25) is 0 Å². The van der Waals surface area contributed by atoms with Crippen LogP contribution < -0.4 is 11.2 Å². The van der Waals surface area contributed by atoms with Crippen LogP contribution in [0, 0.1) is 0 Å². The lowest BCUT2D eigenvalue weighted by Gasteiger charge is -1.99. The third-order valence-electron chi connectivity index (χ3n) is 1.37. The monoisotopic (exact) mass is 351 g/mol. The normalized spacial score (nSPS) is 10.0. The molecule has 1 aromatic rings. The van der Waals surface area contributed by atoms with Gasteiger partial charge in [-0.05, 0) is 30.4 Å². The Morgan fingerprint density at radius 1 is 1.61 bits per heavy atom. The molecule has 0 bridgehead atoms. The standard InChI is InChI=1S/C8H8BrN3OS.C2H6OS/c9-6-1-2-7(13)5(3-6)4-11-12-8(10)14;1-4(2)3/h1-4,13H,(H3,10,12,14);1-2H3/b11-4+;. The van der Waals surface area contributed by atoms with Crippen LogP contribution in [0.1, 0.15) is 5.56 Å². The number of phenols is 1. The molecule has 0 saturated heterocycles. The van der Waals surface area contributed by atoms with Crippen LogP contribution >= 0.6 is 28.1 Å². The zero-order valence-corrected chi connectivity index (χ0v) is 13.1. The molecule has 0 atom stereocenters. The molecule has 0 radical (unpaired) electrons. The van der Waals surface area contributed by atoms with E-state index in [1.165, 1.54) is 6.21 Å². The molecule has 0 aliphatic heterocycles. The fourth-order valence-corrected chi connectivity index (χ4v) is 1.23. The molecule has 18 heavy (non-hydrogen) atoms. The molecule has 1 rings (SSSR count). The number of thiocarbonyl (C=S) groups is 1. The minimum absolute atomic E-state index is 0.0794. The van der Waals surface area contributed by atoms with Crippen LogP contribution in [0.5, 0.6) is 5.75 Å². The molecular formula is C10H14BrN3O2S2. The van der Waals surface area contributed by atoms with Gasteiger partial charge in [-0.15, -0.1) is 0 Å². The fourth-order valence-electron chi connectivity index (χ4n) is 0.794. The van der Waals surface area contributed by atoms with Gasteiger partial charge < -0.3 is 10.8 Å². The summed E-state index contributed by atoms with van der Waals surface area (Å²) in [5.74, 6) is 0.140. The second-order valence-electron chi connectivity index (χ2n) is 3.18. The van der Waals surface area contributed by atoms with E-state index in [-0.39, 0.29) is 10.9 Å². The lowest BCUT2D eigenvalue weighted by atomic mass is 10.2. The summed E-state index contributed by atoms with van der Waals surface area (Å²) in [6.45, 7) is 0. The van der Waals surface area contributed by atoms with Crippen molar-refractivity contribution in [3.05, 3.63) is 28.2 Å². The average molecular weight is 352 g/mol. The fraction of sp³-hybridized carbons (Fsp3) is 0.200. The van der Waals surface area contributed by atoms with Crippen molar-refractivity contribution in [2.75, 3.05) is 12.5 Å². The molecule has 0 aliphatic rings. The second kappa shape index (κ2) is 9.01. The number of phenolic OH excluding ortho intramolecular Hbond substituents is 1. The molecule has 1 aromatic carbocycles. The Balaban J connectivity index is 0.000000631. The number of halogens is 1. The number of nitrogens with two attached hydrogens (primary N) is 1. The Hall–Kier alpha value is -0.990. The SMILES string of the molecule is CS(C)=O.NC(=S)N/N=C/c1cc(Br)ccc1O. The van der Waals surface area contributed by atoms with E-state index in [4.69, 9.17) is 5.73 Å². The van der Waals surface area contributed by atoms with Gasteiger partial charge in [0.2, 0.25) is 0 Å². The largest absolute Gasteiger partial charge is 0.507 e. The molecule has 8 heteroatoms. The maximum Gasteiger partial charge on any atom is 0.184 e. The highest BCUT2D eigenvalue weighted by Crippen LogP contribution is 2.19. The number of hydrogen-bond acceptors (Lipinski definition) is 4. The van der Waals surface area contributed by atoms with Gasteiger partial charge >= 0.3 is 0 Å². The lowest BCUT2D eigenvalue weighted by molar-refractivity contribution is 0.474. The highest BCUT2D eigenvalue weighted by Gasteiger charge is 1.97. The van der Waals surface area contributed by atoms with Crippen LogP contribution in [0.4, 0.5) is 0 Å². The quantitative estimate of drug-likeness (QED) is 0.424. The Labute approximate surface area is 122 Å². The zero-order chi connectivity index (χ0) is 14.1. The van der Waals surface area contributed by atoms with Gasteiger partial charge in [-0.2, -0.15) is 5.10 Å². The van der Waals surface area contributed by atoms with Gasteiger partial charge in [0.1, 0.15) is 5.75 Å². The molecule has 0 amide bonds. The Kier molecular flexibility index (Phi) is 8.51. The van der Waals surface area contributed by atoms with Crippen molar-refractivity contribution in [1.29, 1.82) is 0 Å². The maximum absolute atomic E-state index is 9.56. The zero-order valence-electron chi connectivity index (χ0n) is 9.88. The first kappa shape index (κ1) is 17.0. The van der Waals surface area contributed by atoms with E-state index in [0.717, 1.165) is 4.47 Å². The van der Waals surface area contributed by atoms with E-state index < -0.39 is 10.8 Å². The highest BCUT2D eigenvalue weighted by atomic mass is 79.9. The number of nitrogens with one attached hydrogen (secondary N) is 1. The topological polar surface area (TPSA) is 87.7 Å². The van der Waals surface area contributed by atoms with Crippen molar-refractivity contribution >= 4 is 50.3 Å². The number of hydrazone groups is 1. The third-order valence-corrected chi connectivity index (χ3v) is 1.95. The summed E-state index contributed by atoms with van der Waals surface area (Å²) in [6.07, 6.45) is 4.71. The van der Waals surface area contributed by atoms with Crippen molar-refractivity contribution in [3.63, 3.8) is 0 Å². The smallest absolute Gasteiger partial charge is 0.184 e. The molecule has 0 unspecified atom stereocenters. The van der Waals surface area contributed by atoms with Crippen molar-refractivity contribution in [2.45, 2.75) is 0 Å². The van der Waals surface area contributed by atoms with Gasteiger partial charge in [0.25, 0.3) is 0 Å². The Morgan fingerprint density at radius 2 is 2.17 bits per heavy atom.